The molecule has 0 aromatic heterocycles. The Balaban J connectivity index is 2.19. The lowest BCUT2D eigenvalue weighted by Gasteiger charge is -2.44. The van der Waals surface area contributed by atoms with Gasteiger partial charge in [0.15, 0.2) is 0 Å². The van der Waals surface area contributed by atoms with E-state index in [1.165, 1.54) is 25.7 Å². The zero-order valence-electron chi connectivity index (χ0n) is 9.91. The maximum absolute atomic E-state index is 10.5. The van der Waals surface area contributed by atoms with E-state index < -0.39 is 5.97 Å². The molecule has 1 aliphatic rings. The molecule has 1 heterocycles. The second-order valence-corrected chi connectivity index (χ2v) is 4.62. The van der Waals surface area contributed by atoms with Crippen LogP contribution in [0.15, 0.2) is 0 Å². The van der Waals surface area contributed by atoms with E-state index in [1.807, 2.05) is 0 Å². The van der Waals surface area contributed by atoms with Gasteiger partial charge in [0.25, 0.3) is 0 Å². The molecule has 1 rings (SSSR count). The number of carboxylic acid groups (broad SMARTS) is 1. The molecule has 0 aromatic rings. The van der Waals surface area contributed by atoms with Crippen molar-refractivity contribution in [2.24, 2.45) is 5.92 Å². The SMILES string of the molecule is CCCCC(CC)N1CC(CC(=O)O)C1. The first kappa shape index (κ1) is 12.5. The smallest absolute Gasteiger partial charge is 0.303 e. The summed E-state index contributed by atoms with van der Waals surface area (Å²) in [6.07, 6.45) is 5.36. The number of unbranched alkanes of at least 4 members (excludes halogenated alkanes) is 1. The van der Waals surface area contributed by atoms with Gasteiger partial charge in [0.2, 0.25) is 0 Å². The Bertz CT molecular complexity index is 200. The minimum atomic E-state index is -0.652. The molecule has 1 fully saturated rings. The second-order valence-electron chi connectivity index (χ2n) is 4.62. The highest BCUT2D eigenvalue weighted by molar-refractivity contribution is 5.67. The average Bonchev–Trinajstić information content (AvgIpc) is 2.13. The normalized spacial score (nSPS) is 19.9. The first-order valence-corrected chi connectivity index (χ1v) is 6.13. The first-order valence-electron chi connectivity index (χ1n) is 6.13. The lowest BCUT2D eigenvalue weighted by atomic mass is 9.92. The van der Waals surface area contributed by atoms with Gasteiger partial charge in [0, 0.05) is 19.1 Å². The van der Waals surface area contributed by atoms with Gasteiger partial charge in [-0.2, -0.15) is 0 Å². The lowest BCUT2D eigenvalue weighted by Crippen LogP contribution is -2.52. The quantitative estimate of drug-likeness (QED) is 0.705. The molecule has 0 radical (unpaired) electrons. The minimum Gasteiger partial charge on any atom is -0.481 e. The van der Waals surface area contributed by atoms with Crippen LogP contribution in [0.2, 0.25) is 0 Å². The largest absolute Gasteiger partial charge is 0.481 e. The van der Waals surface area contributed by atoms with Crippen LogP contribution in [-0.4, -0.2) is 35.1 Å². The van der Waals surface area contributed by atoms with Gasteiger partial charge in [-0.15, -0.1) is 0 Å². The minimum absolute atomic E-state index is 0.348. The van der Waals surface area contributed by atoms with Gasteiger partial charge >= 0.3 is 5.97 Å². The number of likely N-dealkylation sites (tertiary alicyclic amines) is 1. The second kappa shape index (κ2) is 6.11. The molecule has 1 N–H and O–H groups in total. The van der Waals surface area contributed by atoms with Gasteiger partial charge in [-0.3, -0.25) is 9.69 Å². The third kappa shape index (κ3) is 3.82. The Kier molecular flexibility index (Phi) is 5.09. The predicted molar refractivity (Wildman–Crippen MR) is 60.9 cm³/mol. The summed E-state index contributed by atoms with van der Waals surface area (Å²) in [7, 11) is 0. The van der Waals surface area contributed by atoms with Crippen LogP contribution in [0.4, 0.5) is 0 Å². The Morgan fingerprint density at radius 1 is 1.47 bits per heavy atom. The molecule has 0 saturated carbocycles. The van der Waals surface area contributed by atoms with E-state index in [1.54, 1.807) is 0 Å². The van der Waals surface area contributed by atoms with Crippen molar-refractivity contribution in [1.29, 1.82) is 0 Å². The summed E-state index contributed by atoms with van der Waals surface area (Å²) in [5, 5.41) is 8.65. The molecule has 0 spiro atoms. The van der Waals surface area contributed by atoms with Crippen molar-refractivity contribution in [2.45, 2.75) is 52.0 Å². The fourth-order valence-corrected chi connectivity index (χ4v) is 2.37. The topological polar surface area (TPSA) is 40.5 Å². The molecule has 0 bridgehead atoms. The van der Waals surface area contributed by atoms with Gasteiger partial charge in [0.1, 0.15) is 0 Å². The molecule has 3 nitrogen and oxygen atoms in total. The Morgan fingerprint density at radius 3 is 2.60 bits per heavy atom. The number of hydrogen-bond donors (Lipinski definition) is 1. The van der Waals surface area contributed by atoms with Crippen LogP contribution in [0.1, 0.15) is 46.0 Å². The summed E-state index contributed by atoms with van der Waals surface area (Å²) in [5.74, 6) is -0.251. The number of carbonyl (C=O) groups is 1. The Hall–Kier alpha value is -0.570. The molecular weight excluding hydrogens is 190 g/mol. The van der Waals surface area contributed by atoms with Gasteiger partial charge in [-0.25, -0.2) is 0 Å². The van der Waals surface area contributed by atoms with Crippen molar-refractivity contribution in [3.05, 3.63) is 0 Å². The molecule has 1 saturated heterocycles. The summed E-state index contributed by atoms with van der Waals surface area (Å²) in [5.41, 5.74) is 0. The van der Waals surface area contributed by atoms with Gasteiger partial charge in [0.05, 0.1) is 6.42 Å². The van der Waals surface area contributed by atoms with E-state index in [2.05, 4.69) is 18.7 Å². The number of hydrogen-bond acceptors (Lipinski definition) is 2. The average molecular weight is 213 g/mol. The van der Waals surface area contributed by atoms with Crippen LogP contribution in [0.25, 0.3) is 0 Å². The summed E-state index contributed by atoms with van der Waals surface area (Å²) >= 11 is 0. The summed E-state index contributed by atoms with van der Waals surface area (Å²) < 4.78 is 0. The first-order chi connectivity index (χ1) is 7.17. The van der Waals surface area contributed by atoms with Gasteiger partial charge in [-0.1, -0.05) is 26.7 Å². The van der Waals surface area contributed by atoms with Crippen LogP contribution in [0.5, 0.6) is 0 Å². The standard InChI is InChI=1S/C12H23NO2/c1-3-5-6-11(4-2)13-8-10(9-13)7-12(14)15/h10-11H,3-9H2,1-2H3,(H,14,15). The van der Waals surface area contributed by atoms with Crippen LogP contribution in [-0.2, 0) is 4.79 Å². The molecule has 0 amide bonds. The highest BCUT2D eigenvalue weighted by Crippen LogP contribution is 2.25. The van der Waals surface area contributed by atoms with E-state index >= 15 is 0 Å². The summed E-state index contributed by atoms with van der Waals surface area (Å²) in [6.45, 7) is 6.43. The fourth-order valence-electron chi connectivity index (χ4n) is 2.37. The maximum atomic E-state index is 10.5. The number of aliphatic carboxylic acids is 1. The van der Waals surface area contributed by atoms with E-state index in [4.69, 9.17) is 5.11 Å². The molecule has 0 aromatic carbocycles. The van der Waals surface area contributed by atoms with E-state index in [0.29, 0.717) is 18.4 Å². The van der Waals surface area contributed by atoms with Crippen LogP contribution < -0.4 is 0 Å². The highest BCUT2D eigenvalue weighted by Gasteiger charge is 2.32. The number of carboxylic acids is 1. The van der Waals surface area contributed by atoms with Crippen molar-refractivity contribution < 1.29 is 9.90 Å². The molecule has 88 valence electrons. The fraction of sp³-hybridized carbons (Fsp3) is 0.917. The zero-order valence-corrected chi connectivity index (χ0v) is 9.91. The van der Waals surface area contributed by atoms with Gasteiger partial charge < -0.3 is 5.11 Å². The molecule has 1 unspecified atom stereocenters. The summed E-state index contributed by atoms with van der Waals surface area (Å²) in [6, 6.07) is 0.690. The summed E-state index contributed by atoms with van der Waals surface area (Å²) in [4.78, 5) is 12.9. The van der Waals surface area contributed by atoms with E-state index in [0.717, 1.165) is 13.1 Å². The molecule has 1 atom stereocenters. The van der Waals surface area contributed by atoms with Gasteiger partial charge in [-0.05, 0) is 18.8 Å². The number of nitrogens with zero attached hydrogens (tertiary/aromatic N) is 1. The van der Waals surface area contributed by atoms with Crippen molar-refractivity contribution in [1.82, 2.24) is 4.90 Å². The van der Waals surface area contributed by atoms with Crippen LogP contribution >= 0.6 is 0 Å². The third-order valence-corrected chi connectivity index (χ3v) is 3.33. The molecular formula is C12H23NO2. The Labute approximate surface area is 92.5 Å². The molecule has 3 heteroatoms. The van der Waals surface area contributed by atoms with E-state index in [-0.39, 0.29) is 0 Å². The Morgan fingerprint density at radius 2 is 2.13 bits per heavy atom. The predicted octanol–water partition coefficient (Wildman–Crippen LogP) is 2.36. The molecule has 0 aliphatic carbocycles. The number of rotatable bonds is 7. The lowest BCUT2D eigenvalue weighted by molar-refractivity contribution is -0.139. The van der Waals surface area contributed by atoms with Crippen LogP contribution in [0, 0.1) is 5.92 Å². The van der Waals surface area contributed by atoms with Crippen molar-refractivity contribution in [3.8, 4) is 0 Å². The van der Waals surface area contributed by atoms with Crippen molar-refractivity contribution >= 4 is 5.97 Å². The maximum Gasteiger partial charge on any atom is 0.303 e. The molecule has 1 aliphatic heterocycles. The monoisotopic (exact) mass is 213 g/mol. The third-order valence-electron chi connectivity index (χ3n) is 3.33. The van der Waals surface area contributed by atoms with Crippen molar-refractivity contribution in [3.63, 3.8) is 0 Å². The highest BCUT2D eigenvalue weighted by atomic mass is 16.4. The van der Waals surface area contributed by atoms with Crippen LogP contribution in [0.3, 0.4) is 0 Å². The molecule has 15 heavy (non-hydrogen) atoms. The zero-order chi connectivity index (χ0) is 11.3. The van der Waals surface area contributed by atoms with Crippen molar-refractivity contribution in [2.75, 3.05) is 13.1 Å². The van der Waals surface area contributed by atoms with E-state index in [9.17, 15) is 4.79 Å².